The van der Waals surface area contributed by atoms with Crippen LogP contribution in [0.2, 0.25) is 0 Å². The van der Waals surface area contributed by atoms with Crippen LogP contribution in [0.25, 0.3) is 0 Å². The molecule has 0 heterocycles. The monoisotopic (exact) mass is 607 g/mol. The van der Waals surface area contributed by atoms with Gasteiger partial charge in [0.15, 0.2) is 0 Å². The fourth-order valence-corrected chi connectivity index (χ4v) is 1.62. The Balaban J connectivity index is 0.000000494. The van der Waals surface area contributed by atoms with Crippen LogP contribution in [0.1, 0.15) is 19.4 Å². The van der Waals surface area contributed by atoms with E-state index in [0.717, 1.165) is 18.2 Å². The predicted molar refractivity (Wildman–Crippen MR) is 105 cm³/mol. The molecule has 1 N–H and O–H groups in total. The van der Waals surface area contributed by atoms with Gasteiger partial charge in [-0.3, -0.25) is 4.72 Å². The normalized spacial score (nSPS) is 11.4. The SMILES string of the molecule is CC(I)(I)I.CCc1cccc(NS(C)(=O)=O)c1. The van der Waals surface area contributed by atoms with Crippen molar-refractivity contribution >= 4 is 83.5 Å². The predicted octanol–water partition coefficient (Wildman–Crippen LogP) is 4.59. The summed E-state index contributed by atoms with van der Waals surface area (Å²) in [6, 6.07) is 7.38. The molecule has 0 amide bonds. The van der Waals surface area contributed by atoms with Gasteiger partial charge >= 0.3 is 0 Å². The van der Waals surface area contributed by atoms with Gasteiger partial charge < -0.3 is 0 Å². The van der Waals surface area contributed by atoms with Crippen molar-refractivity contribution in [2.24, 2.45) is 0 Å². The first kappa shape index (κ1) is 19.2. The van der Waals surface area contributed by atoms with Gasteiger partial charge in [0, 0.05) is 5.69 Å². The maximum Gasteiger partial charge on any atom is 0.229 e. The van der Waals surface area contributed by atoms with Crippen LogP contribution >= 0.6 is 67.8 Å². The second-order valence-electron chi connectivity index (χ2n) is 3.71. The quantitative estimate of drug-likeness (QED) is 0.404. The van der Waals surface area contributed by atoms with Crippen molar-refractivity contribution in [3.63, 3.8) is 0 Å². The molecule has 0 atom stereocenters. The Hall–Kier alpha value is 1.16. The molecule has 0 aliphatic heterocycles. The minimum absolute atomic E-state index is 0.410. The second kappa shape index (κ2) is 8.45. The summed E-state index contributed by atoms with van der Waals surface area (Å²) < 4.78 is 24.6. The van der Waals surface area contributed by atoms with Crippen molar-refractivity contribution in [1.29, 1.82) is 0 Å². The lowest BCUT2D eigenvalue weighted by atomic mass is 10.1. The third-order valence-electron chi connectivity index (χ3n) is 1.64. The van der Waals surface area contributed by atoms with Crippen molar-refractivity contribution < 1.29 is 8.42 Å². The van der Waals surface area contributed by atoms with Crippen molar-refractivity contribution in [3.05, 3.63) is 29.8 Å². The number of hydrogen-bond donors (Lipinski definition) is 1. The molecule has 0 bridgehead atoms. The Kier molecular flexibility index (Phi) is 8.99. The average molecular weight is 607 g/mol. The topological polar surface area (TPSA) is 46.2 Å². The highest BCUT2D eigenvalue weighted by atomic mass is 127. The van der Waals surface area contributed by atoms with Crippen LogP contribution in [0.5, 0.6) is 0 Å². The van der Waals surface area contributed by atoms with Crippen molar-refractivity contribution in [1.82, 2.24) is 0 Å². The number of anilines is 1. The molecule has 0 aliphatic carbocycles. The van der Waals surface area contributed by atoms with Crippen LogP contribution in [-0.4, -0.2) is 14.1 Å². The fraction of sp³-hybridized carbons (Fsp3) is 0.455. The van der Waals surface area contributed by atoms with Gasteiger partial charge in [-0.25, -0.2) is 8.42 Å². The van der Waals surface area contributed by atoms with Gasteiger partial charge in [0.25, 0.3) is 0 Å². The first-order valence-electron chi connectivity index (χ1n) is 5.14. The summed E-state index contributed by atoms with van der Waals surface area (Å²) in [6.07, 6.45) is 2.05. The Morgan fingerprint density at radius 3 is 2.17 bits per heavy atom. The molecule has 1 aromatic carbocycles. The van der Waals surface area contributed by atoms with Crippen LogP contribution in [-0.2, 0) is 16.4 Å². The summed E-state index contributed by atoms with van der Waals surface area (Å²) >= 11 is 7.05. The van der Waals surface area contributed by atoms with Crippen molar-refractivity contribution in [2.45, 2.75) is 19.7 Å². The van der Waals surface area contributed by atoms with Gasteiger partial charge in [-0.1, -0.05) is 86.8 Å². The largest absolute Gasteiger partial charge is 0.284 e. The molecule has 18 heavy (non-hydrogen) atoms. The Bertz CT molecular complexity index is 463. The molecule has 1 aromatic rings. The minimum Gasteiger partial charge on any atom is -0.284 e. The maximum absolute atomic E-state index is 10.9. The van der Waals surface area contributed by atoms with E-state index in [4.69, 9.17) is 0 Å². The van der Waals surface area contributed by atoms with E-state index < -0.39 is 10.0 Å². The molecular formula is C11H16I3NO2S. The van der Waals surface area contributed by atoms with Crippen molar-refractivity contribution in [3.8, 4) is 0 Å². The van der Waals surface area contributed by atoms with E-state index in [1.165, 1.54) is 0 Å². The number of halogens is 3. The van der Waals surface area contributed by atoms with Crippen LogP contribution < -0.4 is 4.72 Å². The van der Waals surface area contributed by atoms with Gasteiger partial charge in [0.1, 0.15) is -0.565 Å². The van der Waals surface area contributed by atoms with E-state index in [1.807, 2.05) is 25.1 Å². The number of aryl methyl sites for hydroxylation is 1. The molecule has 7 heteroatoms. The first-order chi connectivity index (χ1) is 8.01. The molecule has 0 radical (unpaired) electrons. The lowest BCUT2D eigenvalue weighted by Gasteiger charge is -2.04. The number of sulfonamides is 1. The number of nitrogens with one attached hydrogen (secondary N) is 1. The van der Waals surface area contributed by atoms with E-state index in [2.05, 4.69) is 79.4 Å². The molecule has 0 saturated carbocycles. The van der Waals surface area contributed by atoms with E-state index in [0.29, 0.717) is 5.12 Å². The number of rotatable bonds is 3. The smallest absolute Gasteiger partial charge is 0.229 e. The zero-order valence-corrected chi connectivity index (χ0v) is 17.7. The highest BCUT2D eigenvalue weighted by molar-refractivity contribution is 14.3. The highest BCUT2D eigenvalue weighted by Gasteiger charge is 2.04. The van der Waals surface area contributed by atoms with Gasteiger partial charge in [-0.15, -0.1) is 0 Å². The summed E-state index contributed by atoms with van der Waals surface area (Å²) in [4.78, 5) is 0. The molecule has 0 saturated heterocycles. The van der Waals surface area contributed by atoms with E-state index in [9.17, 15) is 8.42 Å². The summed E-state index contributed by atoms with van der Waals surface area (Å²) in [5.74, 6) is 0. The highest BCUT2D eigenvalue weighted by Crippen LogP contribution is 2.33. The molecule has 0 fully saturated rings. The Morgan fingerprint density at radius 2 is 1.78 bits per heavy atom. The zero-order chi connectivity index (χ0) is 14.4. The van der Waals surface area contributed by atoms with Crippen LogP contribution in [0, 0.1) is 0 Å². The first-order valence-corrected chi connectivity index (χ1v) is 10.3. The molecule has 1 rings (SSSR count). The molecule has 104 valence electrons. The molecule has 0 unspecified atom stereocenters. The maximum atomic E-state index is 10.9. The van der Waals surface area contributed by atoms with Gasteiger partial charge in [0.2, 0.25) is 10.0 Å². The van der Waals surface area contributed by atoms with E-state index in [1.54, 1.807) is 6.07 Å². The van der Waals surface area contributed by atoms with Crippen LogP contribution in [0.15, 0.2) is 24.3 Å². The lowest BCUT2D eigenvalue weighted by molar-refractivity contribution is 0.607. The van der Waals surface area contributed by atoms with Crippen LogP contribution in [0.4, 0.5) is 5.69 Å². The molecule has 0 aliphatic rings. The van der Waals surface area contributed by atoms with Gasteiger partial charge in [-0.2, -0.15) is 0 Å². The molecule has 3 nitrogen and oxygen atoms in total. The van der Waals surface area contributed by atoms with Gasteiger partial charge in [-0.05, 0) is 31.0 Å². The number of benzene rings is 1. The third-order valence-corrected chi connectivity index (χ3v) is 2.24. The summed E-state index contributed by atoms with van der Waals surface area (Å²) in [5, 5.41) is 0. The summed E-state index contributed by atoms with van der Waals surface area (Å²) in [5.41, 5.74) is 1.75. The second-order valence-corrected chi connectivity index (χ2v) is 18.1. The Labute approximate surface area is 150 Å². The molecule has 0 spiro atoms. The zero-order valence-electron chi connectivity index (χ0n) is 10.4. The van der Waals surface area contributed by atoms with E-state index >= 15 is 0 Å². The van der Waals surface area contributed by atoms with E-state index in [-0.39, 0.29) is 0 Å². The fourth-order valence-electron chi connectivity index (χ4n) is 1.07. The van der Waals surface area contributed by atoms with Crippen molar-refractivity contribution in [2.75, 3.05) is 11.0 Å². The Morgan fingerprint density at radius 1 is 1.28 bits per heavy atom. The average Bonchev–Trinajstić information content (AvgIpc) is 2.12. The number of alkyl halides is 3. The summed E-state index contributed by atoms with van der Waals surface area (Å²) in [7, 11) is -3.15. The summed E-state index contributed by atoms with van der Waals surface area (Å²) in [6.45, 7) is 4.17. The molecular weight excluding hydrogens is 591 g/mol. The molecule has 0 aromatic heterocycles. The standard InChI is InChI=1S/C9H13NO2S.C2H3I3/c1-3-8-5-4-6-9(7-8)10-13(2,11)12;1-2(3,4)5/h4-7,10H,3H2,1-2H3;1H3. The van der Waals surface area contributed by atoms with Crippen LogP contribution in [0.3, 0.4) is 0 Å². The lowest BCUT2D eigenvalue weighted by Crippen LogP contribution is -2.09. The van der Waals surface area contributed by atoms with Gasteiger partial charge in [0.05, 0.1) is 6.26 Å². The third kappa shape index (κ3) is 13.6. The number of hydrogen-bond acceptors (Lipinski definition) is 2. The minimum atomic E-state index is -3.15.